The van der Waals surface area contributed by atoms with Crippen LogP contribution in [0.3, 0.4) is 0 Å². The second kappa shape index (κ2) is 7.68. The lowest BCUT2D eigenvalue weighted by molar-refractivity contribution is 0.0954. The summed E-state index contributed by atoms with van der Waals surface area (Å²) in [5.41, 5.74) is 1.93. The molecule has 1 aromatic carbocycles. The first-order valence-corrected chi connectivity index (χ1v) is 10.8. The third kappa shape index (κ3) is 3.94. The lowest BCUT2D eigenvalue weighted by Crippen LogP contribution is -2.28. The van der Waals surface area contributed by atoms with Crippen LogP contribution in [0.4, 0.5) is 0 Å². The molecule has 25 heavy (non-hydrogen) atoms. The number of hydrogen-bond acceptors (Lipinski definition) is 4. The van der Waals surface area contributed by atoms with Gasteiger partial charge in [0.15, 0.2) is 0 Å². The van der Waals surface area contributed by atoms with Crippen molar-refractivity contribution in [2.75, 3.05) is 13.1 Å². The van der Waals surface area contributed by atoms with Crippen LogP contribution in [-0.2, 0) is 23.0 Å². The summed E-state index contributed by atoms with van der Waals surface area (Å²) in [6, 6.07) is 8.74. The molecule has 0 saturated carbocycles. The van der Waals surface area contributed by atoms with E-state index >= 15 is 0 Å². The summed E-state index contributed by atoms with van der Waals surface area (Å²) in [5.74, 6) is -0.0828. The minimum atomic E-state index is -3.38. The Morgan fingerprint density at radius 3 is 2.48 bits per heavy atom. The van der Waals surface area contributed by atoms with E-state index in [4.69, 9.17) is 0 Å². The zero-order chi connectivity index (χ0) is 17.9. The Balaban J connectivity index is 1.64. The molecule has 1 N–H and O–H groups in total. The average molecular weight is 379 g/mol. The van der Waals surface area contributed by atoms with Gasteiger partial charge in [-0.1, -0.05) is 19.1 Å². The highest BCUT2D eigenvalue weighted by Gasteiger charge is 2.26. The fraction of sp³-hybridized carbons (Fsp3) is 0.389. The number of amides is 1. The van der Waals surface area contributed by atoms with Gasteiger partial charge in [0, 0.05) is 19.6 Å². The van der Waals surface area contributed by atoms with Crippen molar-refractivity contribution in [1.82, 2.24) is 9.62 Å². The maximum absolute atomic E-state index is 12.5. The second-order valence-electron chi connectivity index (χ2n) is 6.07. The SMILES string of the molecule is CCc1ccsc1C(=O)NCc1ccc(S(=O)(=O)N2CCCC2)cc1. The van der Waals surface area contributed by atoms with Gasteiger partial charge in [0.25, 0.3) is 5.91 Å². The standard InChI is InChI=1S/C18H22N2O3S2/c1-2-15-9-12-24-17(15)18(21)19-13-14-5-7-16(8-6-14)25(22,23)20-10-3-4-11-20/h5-9,12H,2-4,10-11,13H2,1H3,(H,19,21). The summed E-state index contributed by atoms with van der Waals surface area (Å²) in [4.78, 5) is 13.3. The van der Waals surface area contributed by atoms with Crippen LogP contribution >= 0.6 is 11.3 Å². The van der Waals surface area contributed by atoms with E-state index < -0.39 is 10.0 Å². The predicted octanol–water partition coefficient (Wildman–Crippen LogP) is 3.03. The molecule has 7 heteroatoms. The molecule has 0 bridgehead atoms. The van der Waals surface area contributed by atoms with Gasteiger partial charge in [-0.3, -0.25) is 4.79 Å². The van der Waals surface area contributed by atoms with Gasteiger partial charge in [-0.25, -0.2) is 8.42 Å². The van der Waals surface area contributed by atoms with E-state index in [9.17, 15) is 13.2 Å². The van der Waals surface area contributed by atoms with Gasteiger partial charge in [-0.15, -0.1) is 11.3 Å². The minimum Gasteiger partial charge on any atom is -0.347 e. The molecule has 3 rings (SSSR count). The van der Waals surface area contributed by atoms with Crippen molar-refractivity contribution in [3.8, 4) is 0 Å². The average Bonchev–Trinajstić information content (AvgIpc) is 3.31. The van der Waals surface area contributed by atoms with Gasteiger partial charge in [0.1, 0.15) is 0 Å². The van der Waals surface area contributed by atoms with Crippen LogP contribution in [0, 0.1) is 0 Å². The lowest BCUT2D eigenvalue weighted by Gasteiger charge is -2.15. The van der Waals surface area contributed by atoms with E-state index in [1.54, 1.807) is 24.3 Å². The Morgan fingerprint density at radius 2 is 1.84 bits per heavy atom. The lowest BCUT2D eigenvalue weighted by atomic mass is 10.2. The van der Waals surface area contributed by atoms with Crippen LogP contribution in [0.15, 0.2) is 40.6 Å². The van der Waals surface area contributed by atoms with Crippen molar-refractivity contribution < 1.29 is 13.2 Å². The molecule has 0 aliphatic carbocycles. The molecule has 1 saturated heterocycles. The third-order valence-electron chi connectivity index (χ3n) is 4.41. The molecule has 134 valence electrons. The monoisotopic (exact) mass is 378 g/mol. The van der Waals surface area contributed by atoms with Crippen molar-refractivity contribution in [2.24, 2.45) is 0 Å². The van der Waals surface area contributed by atoms with E-state index in [1.807, 2.05) is 18.4 Å². The molecule has 2 heterocycles. The number of aryl methyl sites for hydroxylation is 1. The number of nitrogens with one attached hydrogen (secondary N) is 1. The highest BCUT2D eigenvalue weighted by Crippen LogP contribution is 2.21. The van der Waals surface area contributed by atoms with Gasteiger partial charge in [0.05, 0.1) is 9.77 Å². The molecular formula is C18H22N2O3S2. The fourth-order valence-corrected chi connectivity index (χ4v) is 5.36. The molecule has 0 spiro atoms. The summed E-state index contributed by atoms with van der Waals surface area (Å²) >= 11 is 1.44. The molecule has 1 amide bonds. The molecule has 5 nitrogen and oxygen atoms in total. The molecule has 2 aromatic rings. The maximum atomic E-state index is 12.5. The van der Waals surface area contributed by atoms with Crippen LogP contribution in [0.5, 0.6) is 0 Å². The summed E-state index contributed by atoms with van der Waals surface area (Å²) in [6.07, 6.45) is 2.67. The quantitative estimate of drug-likeness (QED) is 0.840. The Kier molecular flexibility index (Phi) is 5.56. The number of hydrogen-bond donors (Lipinski definition) is 1. The van der Waals surface area contributed by atoms with Crippen LogP contribution < -0.4 is 5.32 Å². The number of nitrogens with zero attached hydrogens (tertiary/aromatic N) is 1. The van der Waals surface area contributed by atoms with E-state index in [1.165, 1.54) is 15.6 Å². The minimum absolute atomic E-state index is 0.0828. The van der Waals surface area contributed by atoms with Gasteiger partial charge in [-0.2, -0.15) is 4.31 Å². The maximum Gasteiger partial charge on any atom is 0.261 e. The van der Waals surface area contributed by atoms with Crippen molar-refractivity contribution in [1.29, 1.82) is 0 Å². The van der Waals surface area contributed by atoms with Crippen LogP contribution in [0.2, 0.25) is 0 Å². The molecule has 1 aliphatic heterocycles. The van der Waals surface area contributed by atoms with Crippen LogP contribution in [0.25, 0.3) is 0 Å². The van der Waals surface area contributed by atoms with Crippen molar-refractivity contribution in [2.45, 2.75) is 37.6 Å². The highest BCUT2D eigenvalue weighted by atomic mass is 32.2. The van der Waals surface area contributed by atoms with Crippen LogP contribution in [0.1, 0.15) is 40.6 Å². The normalized spacial score (nSPS) is 15.4. The highest BCUT2D eigenvalue weighted by molar-refractivity contribution is 7.89. The first-order valence-electron chi connectivity index (χ1n) is 8.46. The largest absolute Gasteiger partial charge is 0.347 e. The van der Waals surface area contributed by atoms with Gasteiger partial charge >= 0.3 is 0 Å². The molecule has 0 radical (unpaired) electrons. The van der Waals surface area contributed by atoms with Gasteiger partial charge in [0.2, 0.25) is 10.0 Å². The molecular weight excluding hydrogens is 356 g/mol. The molecule has 1 aromatic heterocycles. The fourth-order valence-electron chi connectivity index (χ4n) is 2.93. The molecule has 1 aliphatic rings. The van der Waals surface area contributed by atoms with Crippen molar-refractivity contribution >= 4 is 27.3 Å². The smallest absolute Gasteiger partial charge is 0.261 e. The van der Waals surface area contributed by atoms with E-state index in [0.717, 1.165) is 35.3 Å². The topological polar surface area (TPSA) is 66.5 Å². The molecule has 1 fully saturated rings. The number of rotatable bonds is 6. The first-order chi connectivity index (χ1) is 12.0. The number of carbonyl (C=O) groups is 1. The van der Waals surface area contributed by atoms with Crippen LogP contribution in [-0.4, -0.2) is 31.7 Å². The zero-order valence-corrected chi connectivity index (χ0v) is 15.8. The number of sulfonamides is 1. The van der Waals surface area contributed by atoms with E-state index in [2.05, 4.69) is 5.32 Å². The zero-order valence-electron chi connectivity index (χ0n) is 14.2. The molecule has 0 atom stereocenters. The summed E-state index contributed by atoms with van der Waals surface area (Å²) in [5, 5.41) is 4.82. The van der Waals surface area contributed by atoms with Crippen molar-refractivity contribution in [3.05, 3.63) is 51.7 Å². The number of thiophene rings is 1. The van der Waals surface area contributed by atoms with Crippen molar-refractivity contribution in [3.63, 3.8) is 0 Å². The summed E-state index contributed by atoms with van der Waals surface area (Å²) in [7, 11) is -3.38. The number of benzene rings is 1. The Hall–Kier alpha value is -1.70. The summed E-state index contributed by atoms with van der Waals surface area (Å²) < 4.78 is 26.5. The summed E-state index contributed by atoms with van der Waals surface area (Å²) in [6.45, 7) is 3.60. The van der Waals surface area contributed by atoms with E-state index in [0.29, 0.717) is 24.5 Å². The Bertz CT molecular complexity index is 835. The van der Waals surface area contributed by atoms with Gasteiger partial charge < -0.3 is 5.32 Å². The third-order valence-corrected chi connectivity index (χ3v) is 7.28. The van der Waals surface area contributed by atoms with E-state index in [-0.39, 0.29) is 5.91 Å². The predicted molar refractivity (Wildman–Crippen MR) is 99.3 cm³/mol. The van der Waals surface area contributed by atoms with Gasteiger partial charge in [-0.05, 0) is 54.0 Å². The molecule has 0 unspecified atom stereocenters. The second-order valence-corrected chi connectivity index (χ2v) is 8.92. The first kappa shape index (κ1) is 18.1. The Morgan fingerprint density at radius 1 is 1.16 bits per heavy atom. The number of carbonyl (C=O) groups excluding carboxylic acids is 1. The Labute approximate surface area is 152 Å².